The molecule has 0 amide bonds. The first kappa shape index (κ1) is 15.2. The number of aryl methyl sites for hydroxylation is 1. The Morgan fingerprint density at radius 1 is 1.14 bits per heavy atom. The molecule has 0 aromatic heterocycles. The number of nitrogens with one attached hydrogen (secondary N) is 1. The normalized spacial score (nSPS) is 29.3. The van der Waals surface area contributed by atoms with E-state index in [0.717, 1.165) is 24.0 Å². The minimum absolute atomic E-state index is 0.471. The zero-order valence-corrected chi connectivity index (χ0v) is 14.0. The van der Waals surface area contributed by atoms with E-state index in [4.69, 9.17) is 4.74 Å². The third-order valence-electron chi connectivity index (χ3n) is 4.95. The number of ether oxygens (including phenoxy) is 1. The van der Waals surface area contributed by atoms with Crippen LogP contribution in [0.2, 0.25) is 0 Å². The molecule has 3 heteroatoms. The standard InChI is InChI=1S/C18H27NOS/c1-13-5-3-6-16-17(7-4-12-20-18(13)16)19-14-8-10-15(21-2)11-9-14/h3,5-6,14-15,17,19H,4,7-12H2,1-2H3. The van der Waals surface area contributed by atoms with E-state index >= 15 is 0 Å². The molecule has 1 atom stereocenters. The summed E-state index contributed by atoms with van der Waals surface area (Å²) < 4.78 is 5.99. The van der Waals surface area contributed by atoms with Gasteiger partial charge in [0, 0.05) is 22.9 Å². The molecule has 0 radical (unpaired) electrons. The van der Waals surface area contributed by atoms with Gasteiger partial charge < -0.3 is 10.1 Å². The number of thioether (sulfide) groups is 1. The molecule has 1 fully saturated rings. The monoisotopic (exact) mass is 305 g/mol. The molecule has 1 aromatic rings. The summed E-state index contributed by atoms with van der Waals surface area (Å²) >= 11 is 2.04. The Bertz CT molecular complexity index is 468. The van der Waals surface area contributed by atoms with Gasteiger partial charge in [0.2, 0.25) is 0 Å². The first-order valence-corrected chi connectivity index (χ1v) is 9.58. The van der Waals surface area contributed by atoms with Crippen LogP contribution in [0.5, 0.6) is 5.75 Å². The maximum absolute atomic E-state index is 5.99. The Kier molecular flexibility index (Phi) is 5.12. The van der Waals surface area contributed by atoms with E-state index in [1.807, 2.05) is 11.8 Å². The van der Waals surface area contributed by atoms with Crippen molar-refractivity contribution in [1.29, 1.82) is 0 Å². The quantitative estimate of drug-likeness (QED) is 0.890. The van der Waals surface area contributed by atoms with Crippen LogP contribution in [0.3, 0.4) is 0 Å². The predicted molar refractivity (Wildman–Crippen MR) is 91.3 cm³/mol. The fraction of sp³-hybridized carbons (Fsp3) is 0.667. The van der Waals surface area contributed by atoms with Crippen molar-refractivity contribution in [2.24, 2.45) is 0 Å². The highest BCUT2D eigenvalue weighted by Gasteiger charge is 2.26. The molecule has 116 valence electrons. The van der Waals surface area contributed by atoms with Crippen LogP contribution >= 0.6 is 11.8 Å². The highest BCUT2D eigenvalue weighted by Crippen LogP contribution is 2.36. The van der Waals surface area contributed by atoms with Gasteiger partial charge in [-0.05, 0) is 57.3 Å². The van der Waals surface area contributed by atoms with Crippen molar-refractivity contribution in [2.45, 2.75) is 62.8 Å². The molecule has 21 heavy (non-hydrogen) atoms. The van der Waals surface area contributed by atoms with E-state index in [-0.39, 0.29) is 0 Å². The summed E-state index contributed by atoms with van der Waals surface area (Å²) in [4.78, 5) is 0. The Hall–Kier alpha value is -0.670. The molecule has 1 saturated carbocycles. The molecule has 0 saturated heterocycles. The molecule has 1 heterocycles. The Labute approximate surface area is 133 Å². The maximum Gasteiger partial charge on any atom is 0.126 e. The average molecular weight is 305 g/mol. The molecule has 3 rings (SSSR count). The van der Waals surface area contributed by atoms with Gasteiger partial charge in [-0.15, -0.1) is 0 Å². The third kappa shape index (κ3) is 3.57. The summed E-state index contributed by atoms with van der Waals surface area (Å²) in [5.41, 5.74) is 2.65. The minimum atomic E-state index is 0.471. The van der Waals surface area contributed by atoms with Crippen LogP contribution in [-0.4, -0.2) is 24.2 Å². The van der Waals surface area contributed by atoms with Crippen molar-refractivity contribution < 1.29 is 4.74 Å². The average Bonchev–Trinajstić information content (AvgIpc) is 2.72. The van der Waals surface area contributed by atoms with E-state index in [1.54, 1.807) is 0 Å². The maximum atomic E-state index is 5.99. The molecule has 2 nitrogen and oxygen atoms in total. The van der Waals surface area contributed by atoms with Gasteiger partial charge in [-0.1, -0.05) is 18.2 Å². The number of hydrogen-bond acceptors (Lipinski definition) is 3. The summed E-state index contributed by atoms with van der Waals surface area (Å²) in [6.45, 7) is 3.01. The number of benzene rings is 1. The number of fused-ring (bicyclic) bond motifs is 1. The Balaban J connectivity index is 1.70. The summed E-state index contributed by atoms with van der Waals surface area (Å²) in [5, 5.41) is 4.82. The van der Waals surface area contributed by atoms with Crippen molar-refractivity contribution in [3.63, 3.8) is 0 Å². The molecule has 2 aliphatic rings. The summed E-state index contributed by atoms with van der Waals surface area (Å²) in [6.07, 6.45) is 9.96. The van der Waals surface area contributed by atoms with Crippen molar-refractivity contribution in [2.75, 3.05) is 12.9 Å². The second-order valence-corrected chi connectivity index (χ2v) is 7.55. The molecule has 1 aliphatic heterocycles. The topological polar surface area (TPSA) is 21.3 Å². The zero-order chi connectivity index (χ0) is 14.7. The van der Waals surface area contributed by atoms with Gasteiger partial charge in [-0.2, -0.15) is 11.8 Å². The van der Waals surface area contributed by atoms with Crippen LogP contribution in [0.25, 0.3) is 0 Å². The lowest BCUT2D eigenvalue weighted by Gasteiger charge is -2.31. The molecule has 0 bridgehead atoms. The van der Waals surface area contributed by atoms with E-state index in [9.17, 15) is 0 Å². The number of para-hydroxylation sites is 1. The summed E-state index contributed by atoms with van der Waals surface area (Å²) in [6, 6.07) is 7.73. The highest BCUT2D eigenvalue weighted by atomic mass is 32.2. The molecule has 1 aliphatic carbocycles. The lowest BCUT2D eigenvalue weighted by Crippen LogP contribution is -2.36. The third-order valence-corrected chi connectivity index (χ3v) is 6.08. The Morgan fingerprint density at radius 3 is 2.71 bits per heavy atom. The fourth-order valence-electron chi connectivity index (χ4n) is 3.69. The predicted octanol–water partition coefficient (Wildman–Crippen LogP) is 4.47. The van der Waals surface area contributed by atoms with Crippen molar-refractivity contribution in [1.82, 2.24) is 5.32 Å². The van der Waals surface area contributed by atoms with Crippen LogP contribution in [0.1, 0.15) is 55.7 Å². The number of hydrogen-bond donors (Lipinski definition) is 1. The van der Waals surface area contributed by atoms with E-state index in [1.165, 1.54) is 43.2 Å². The van der Waals surface area contributed by atoms with Crippen LogP contribution in [0, 0.1) is 6.92 Å². The van der Waals surface area contributed by atoms with Crippen LogP contribution in [-0.2, 0) is 0 Å². The molecular weight excluding hydrogens is 278 g/mol. The fourth-order valence-corrected chi connectivity index (χ4v) is 4.43. The summed E-state index contributed by atoms with van der Waals surface area (Å²) in [5.74, 6) is 1.13. The second kappa shape index (κ2) is 7.06. The summed E-state index contributed by atoms with van der Waals surface area (Å²) in [7, 11) is 0. The lowest BCUT2D eigenvalue weighted by molar-refractivity contribution is 0.308. The Morgan fingerprint density at radius 2 is 1.95 bits per heavy atom. The van der Waals surface area contributed by atoms with Gasteiger partial charge in [-0.3, -0.25) is 0 Å². The highest BCUT2D eigenvalue weighted by molar-refractivity contribution is 7.99. The van der Waals surface area contributed by atoms with Gasteiger partial charge in [0.05, 0.1) is 6.61 Å². The number of rotatable bonds is 3. The van der Waals surface area contributed by atoms with E-state index in [2.05, 4.69) is 36.7 Å². The van der Waals surface area contributed by atoms with Crippen LogP contribution in [0.4, 0.5) is 0 Å². The lowest BCUT2D eigenvalue weighted by atomic mass is 9.92. The van der Waals surface area contributed by atoms with E-state index in [0.29, 0.717) is 12.1 Å². The van der Waals surface area contributed by atoms with Gasteiger partial charge in [0.25, 0.3) is 0 Å². The van der Waals surface area contributed by atoms with Crippen molar-refractivity contribution in [3.05, 3.63) is 29.3 Å². The second-order valence-electron chi connectivity index (χ2n) is 6.41. The zero-order valence-electron chi connectivity index (χ0n) is 13.2. The van der Waals surface area contributed by atoms with E-state index < -0.39 is 0 Å². The molecular formula is C18H27NOS. The van der Waals surface area contributed by atoms with Crippen molar-refractivity contribution >= 4 is 11.8 Å². The van der Waals surface area contributed by atoms with Gasteiger partial charge >= 0.3 is 0 Å². The van der Waals surface area contributed by atoms with Crippen LogP contribution in [0.15, 0.2) is 18.2 Å². The van der Waals surface area contributed by atoms with Gasteiger partial charge in [0.15, 0.2) is 0 Å². The van der Waals surface area contributed by atoms with Crippen LogP contribution < -0.4 is 10.1 Å². The smallest absolute Gasteiger partial charge is 0.126 e. The molecule has 1 unspecified atom stereocenters. The van der Waals surface area contributed by atoms with Gasteiger partial charge in [-0.25, -0.2) is 0 Å². The molecule has 1 aromatic carbocycles. The van der Waals surface area contributed by atoms with Gasteiger partial charge in [0.1, 0.15) is 5.75 Å². The van der Waals surface area contributed by atoms with Crippen molar-refractivity contribution in [3.8, 4) is 5.75 Å². The largest absolute Gasteiger partial charge is 0.493 e. The molecule has 1 N–H and O–H groups in total. The molecule has 0 spiro atoms. The minimum Gasteiger partial charge on any atom is -0.493 e. The first-order valence-electron chi connectivity index (χ1n) is 8.29. The first-order chi connectivity index (χ1) is 10.3. The SMILES string of the molecule is CSC1CCC(NC2CCCOc3c(C)cccc32)CC1.